The predicted octanol–water partition coefficient (Wildman–Crippen LogP) is 2.49. The normalized spacial score (nSPS) is 12.9. The first kappa shape index (κ1) is 22.3. The summed E-state index contributed by atoms with van der Waals surface area (Å²) < 4.78 is 5.10. The van der Waals surface area contributed by atoms with Crippen LogP contribution < -0.4 is 20.7 Å². The number of para-hydroxylation sites is 1. The number of nitrogens with one attached hydrogen (secondary N) is 3. The first-order chi connectivity index (χ1) is 15.0. The van der Waals surface area contributed by atoms with Crippen LogP contribution in [0.15, 0.2) is 48.5 Å². The molecule has 164 valence electrons. The molecule has 1 saturated carbocycles. The molecule has 3 amide bonds. The number of amides is 3. The van der Waals surface area contributed by atoms with E-state index in [2.05, 4.69) is 16.0 Å². The zero-order valence-electron chi connectivity index (χ0n) is 17.8. The number of carbonyl (C=O) groups is 3. The van der Waals surface area contributed by atoms with Crippen molar-refractivity contribution >= 4 is 29.1 Å². The Balaban J connectivity index is 1.53. The smallest absolute Gasteiger partial charge is 0.253 e. The number of methoxy groups -OCH3 is 1. The maximum Gasteiger partial charge on any atom is 0.253 e. The van der Waals surface area contributed by atoms with Crippen molar-refractivity contribution in [3.05, 3.63) is 54.1 Å². The Morgan fingerprint density at radius 1 is 0.968 bits per heavy atom. The molecule has 3 N–H and O–H groups in total. The Morgan fingerprint density at radius 2 is 1.61 bits per heavy atom. The molecule has 1 aliphatic carbocycles. The molecule has 1 aliphatic rings. The molecule has 1 fully saturated rings. The fraction of sp³-hybridized carbons (Fsp3) is 0.348. The highest BCUT2D eigenvalue weighted by atomic mass is 16.5. The number of anilines is 2. The van der Waals surface area contributed by atoms with Crippen molar-refractivity contribution in [2.24, 2.45) is 0 Å². The van der Waals surface area contributed by atoms with Crippen LogP contribution in [0.5, 0.6) is 5.75 Å². The topological polar surface area (TPSA) is 99.8 Å². The van der Waals surface area contributed by atoms with E-state index in [4.69, 9.17) is 4.74 Å². The number of hydrogen-bond donors (Lipinski definition) is 3. The van der Waals surface area contributed by atoms with E-state index < -0.39 is 0 Å². The number of rotatable bonds is 10. The van der Waals surface area contributed by atoms with Gasteiger partial charge in [0.1, 0.15) is 5.75 Å². The summed E-state index contributed by atoms with van der Waals surface area (Å²) in [4.78, 5) is 39.1. The minimum atomic E-state index is -0.286. The number of ether oxygens (including phenoxy) is 1. The Morgan fingerprint density at radius 3 is 2.23 bits per heavy atom. The summed E-state index contributed by atoms with van der Waals surface area (Å²) in [5.41, 5.74) is 1.55. The second-order valence-corrected chi connectivity index (χ2v) is 7.42. The highest BCUT2D eigenvalue weighted by Crippen LogP contribution is 2.21. The van der Waals surface area contributed by atoms with E-state index in [1.54, 1.807) is 60.5 Å². The van der Waals surface area contributed by atoms with Gasteiger partial charge < -0.3 is 20.7 Å². The van der Waals surface area contributed by atoms with E-state index in [-0.39, 0.29) is 36.9 Å². The molecule has 3 rings (SSSR count). The second kappa shape index (κ2) is 10.6. The van der Waals surface area contributed by atoms with Crippen molar-refractivity contribution in [2.75, 3.05) is 37.4 Å². The van der Waals surface area contributed by atoms with Gasteiger partial charge in [-0.05, 0) is 55.8 Å². The highest BCUT2D eigenvalue weighted by molar-refractivity contribution is 6.04. The third kappa shape index (κ3) is 6.82. The summed E-state index contributed by atoms with van der Waals surface area (Å²) in [6, 6.07) is 14.2. The molecule has 2 aromatic carbocycles. The van der Waals surface area contributed by atoms with Gasteiger partial charge in [0.2, 0.25) is 11.8 Å². The van der Waals surface area contributed by atoms with Crippen LogP contribution in [0.1, 0.15) is 30.1 Å². The summed E-state index contributed by atoms with van der Waals surface area (Å²) in [7, 11) is 1.58. The standard InChI is InChI=1S/C23H28N4O4/c1-3-27(14-21(28)24-16-10-12-18(31-2)13-11-16)15-22(29)26-20-7-5-4-6-19(20)23(30)25-17-8-9-17/h4-7,10-13,17H,3,8-9,14-15H2,1-2H3,(H,24,28)(H,25,30)(H,26,29). The average Bonchev–Trinajstić information content (AvgIpc) is 3.58. The molecule has 0 heterocycles. The van der Waals surface area contributed by atoms with Crippen molar-refractivity contribution < 1.29 is 19.1 Å². The quantitative estimate of drug-likeness (QED) is 0.544. The van der Waals surface area contributed by atoms with Gasteiger partial charge in [0.25, 0.3) is 5.91 Å². The lowest BCUT2D eigenvalue weighted by atomic mass is 10.1. The maximum absolute atomic E-state index is 12.6. The van der Waals surface area contributed by atoms with Crippen LogP contribution in [0.3, 0.4) is 0 Å². The molecule has 0 saturated heterocycles. The van der Waals surface area contributed by atoms with Crippen LogP contribution in [0.4, 0.5) is 11.4 Å². The largest absolute Gasteiger partial charge is 0.497 e. The van der Waals surface area contributed by atoms with Crippen molar-refractivity contribution in [1.29, 1.82) is 0 Å². The van der Waals surface area contributed by atoms with Gasteiger partial charge in [0, 0.05) is 11.7 Å². The third-order valence-corrected chi connectivity index (χ3v) is 4.91. The number of likely N-dealkylation sites (N-methyl/N-ethyl adjacent to an activating group) is 1. The maximum atomic E-state index is 12.6. The molecule has 0 aliphatic heterocycles. The molecule has 0 aromatic heterocycles. The van der Waals surface area contributed by atoms with E-state index in [9.17, 15) is 14.4 Å². The summed E-state index contributed by atoms with van der Waals surface area (Å²) in [5, 5.41) is 8.54. The number of benzene rings is 2. The average molecular weight is 425 g/mol. The van der Waals surface area contributed by atoms with Gasteiger partial charge >= 0.3 is 0 Å². The first-order valence-electron chi connectivity index (χ1n) is 10.3. The van der Waals surface area contributed by atoms with E-state index in [1.807, 2.05) is 6.92 Å². The van der Waals surface area contributed by atoms with E-state index in [1.165, 1.54) is 0 Å². The van der Waals surface area contributed by atoms with Gasteiger partial charge in [0.15, 0.2) is 0 Å². The van der Waals surface area contributed by atoms with Crippen molar-refractivity contribution in [3.8, 4) is 5.75 Å². The predicted molar refractivity (Wildman–Crippen MR) is 119 cm³/mol. The minimum Gasteiger partial charge on any atom is -0.497 e. The van der Waals surface area contributed by atoms with Crippen LogP contribution in [-0.2, 0) is 9.59 Å². The molecule has 0 atom stereocenters. The Bertz CT molecular complexity index is 925. The van der Waals surface area contributed by atoms with Crippen molar-refractivity contribution in [2.45, 2.75) is 25.8 Å². The van der Waals surface area contributed by atoms with Crippen molar-refractivity contribution in [3.63, 3.8) is 0 Å². The summed E-state index contributed by atoms with van der Waals surface area (Å²) >= 11 is 0. The summed E-state index contributed by atoms with van der Waals surface area (Å²) in [6.07, 6.45) is 1.98. The lowest BCUT2D eigenvalue weighted by molar-refractivity contribution is -0.119. The van der Waals surface area contributed by atoms with Gasteiger partial charge in [-0.15, -0.1) is 0 Å². The van der Waals surface area contributed by atoms with Crippen LogP contribution in [0.25, 0.3) is 0 Å². The van der Waals surface area contributed by atoms with Gasteiger partial charge in [-0.1, -0.05) is 19.1 Å². The second-order valence-electron chi connectivity index (χ2n) is 7.42. The summed E-state index contributed by atoms with van der Waals surface area (Å²) in [5.74, 6) is 0.00960. The molecule has 0 spiro atoms. The van der Waals surface area contributed by atoms with E-state index in [0.717, 1.165) is 12.8 Å². The van der Waals surface area contributed by atoms with Gasteiger partial charge in [-0.3, -0.25) is 19.3 Å². The first-order valence-corrected chi connectivity index (χ1v) is 10.3. The third-order valence-electron chi connectivity index (χ3n) is 4.91. The Labute approximate surface area is 182 Å². The molecular weight excluding hydrogens is 396 g/mol. The van der Waals surface area contributed by atoms with Gasteiger partial charge in [0.05, 0.1) is 31.5 Å². The van der Waals surface area contributed by atoms with Crippen LogP contribution in [-0.4, -0.2) is 55.4 Å². The minimum absolute atomic E-state index is 0.0328. The SMILES string of the molecule is CCN(CC(=O)Nc1ccc(OC)cc1)CC(=O)Nc1ccccc1C(=O)NC1CC1. The zero-order chi connectivity index (χ0) is 22.2. The fourth-order valence-electron chi connectivity index (χ4n) is 3.03. The number of hydrogen-bond acceptors (Lipinski definition) is 5. The molecule has 2 aromatic rings. The van der Waals surface area contributed by atoms with Gasteiger partial charge in [-0.25, -0.2) is 0 Å². The number of nitrogens with zero attached hydrogens (tertiary/aromatic N) is 1. The lowest BCUT2D eigenvalue weighted by Crippen LogP contribution is -2.39. The van der Waals surface area contributed by atoms with Gasteiger partial charge in [-0.2, -0.15) is 0 Å². The molecule has 0 radical (unpaired) electrons. The molecular formula is C23H28N4O4. The van der Waals surface area contributed by atoms with Crippen LogP contribution in [0, 0.1) is 0 Å². The van der Waals surface area contributed by atoms with Crippen molar-refractivity contribution in [1.82, 2.24) is 10.2 Å². The highest BCUT2D eigenvalue weighted by Gasteiger charge is 2.25. The Kier molecular flexibility index (Phi) is 7.61. The van der Waals surface area contributed by atoms with Crippen LogP contribution >= 0.6 is 0 Å². The molecule has 0 unspecified atom stereocenters. The van der Waals surface area contributed by atoms with E-state index in [0.29, 0.717) is 29.2 Å². The number of carbonyl (C=O) groups excluding carboxylic acids is 3. The molecule has 0 bridgehead atoms. The van der Waals surface area contributed by atoms with Crippen LogP contribution in [0.2, 0.25) is 0 Å². The monoisotopic (exact) mass is 424 g/mol. The fourth-order valence-corrected chi connectivity index (χ4v) is 3.03. The molecule has 31 heavy (non-hydrogen) atoms. The molecule has 8 nitrogen and oxygen atoms in total. The summed E-state index contributed by atoms with van der Waals surface area (Å²) in [6.45, 7) is 2.50. The zero-order valence-corrected chi connectivity index (χ0v) is 17.8. The van der Waals surface area contributed by atoms with E-state index >= 15 is 0 Å². The lowest BCUT2D eigenvalue weighted by Gasteiger charge is -2.20. The molecule has 8 heteroatoms. The Hall–Kier alpha value is -3.39.